The molecule has 5 rings (SSSR count). The maximum atomic E-state index is 13.4. The van der Waals surface area contributed by atoms with Crippen LogP contribution in [0, 0.1) is 0 Å². The van der Waals surface area contributed by atoms with Crippen molar-refractivity contribution in [3.63, 3.8) is 0 Å². The van der Waals surface area contributed by atoms with Crippen LogP contribution in [0.1, 0.15) is 15.9 Å². The highest BCUT2D eigenvalue weighted by atomic mass is 19.4. The average Bonchev–Trinajstić information content (AvgIpc) is 2.95. The number of carbonyl (C=O) groups excluding carboxylic acids is 1. The van der Waals surface area contributed by atoms with Crippen LogP contribution in [0.2, 0.25) is 0 Å². The van der Waals surface area contributed by atoms with E-state index in [-0.39, 0.29) is 11.9 Å². The number of aliphatic imine (C=N–C) groups is 1. The van der Waals surface area contributed by atoms with Gasteiger partial charge in [0.15, 0.2) is 0 Å². The molecule has 3 heterocycles. The number of halogens is 3. The Bertz CT molecular complexity index is 1110. The van der Waals surface area contributed by atoms with Gasteiger partial charge in [-0.15, -0.1) is 0 Å². The third-order valence-corrected chi connectivity index (χ3v) is 6.14. The highest BCUT2D eigenvalue weighted by molar-refractivity contribution is 5.99. The lowest BCUT2D eigenvalue weighted by molar-refractivity contribution is -0.137. The number of alkyl halides is 3. The van der Waals surface area contributed by atoms with Crippen molar-refractivity contribution < 1.29 is 22.7 Å². The molecule has 1 atom stereocenters. The predicted molar refractivity (Wildman–Crippen MR) is 118 cm³/mol. The zero-order valence-electron chi connectivity index (χ0n) is 17.8. The number of nitrogens with zero attached hydrogens (tertiary/aromatic N) is 3. The summed E-state index contributed by atoms with van der Waals surface area (Å²) in [6.07, 6.45) is -0.541. The first-order valence-electron chi connectivity index (χ1n) is 10.8. The smallest absolute Gasteiger partial charge is 0.416 e. The van der Waals surface area contributed by atoms with E-state index in [0.29, 0.717) is 55.2 Å². The van der Waals surface area contributed by atoms with Crippen molar-refractivity contribution in [2.75, 3.05) is 39.3 Å². The van der Waals surface area contributed by atoms with E-state index in [1.165, 1.54) is 12.1 Å². The summed E-state index contributed by atoms with van der Waals surface area (Å²) in [5.74, 6) is 1.30. The minimum atomic E-state index is -4.39. The fourth-order valence-corrected chi connectivity index (χ4v) is 4.39. The monoisotopic (exact) mass is 456 g/mol. The van der Waals surface area contributed by atoms with Crippen molar-refractivity contribution in [3.05, 3.63) is 65.9 Å². The molecule has 172 valence electrons. The van der Waals surface area contributed by atoms with E-state index in [1.807, 2.05) is 17.2 Å². The highest BCUT2D eigenvalue weighted by Crippen LogP contribution is 2.34. The third kappa shape index (κ3) is 4.45. The number of amidine groups is 1. The first kappa shape index (κ1) is 21.5. The zero-order valence-corrected chi connectivity index (χ0v) is 17.8. The molecule has 9 heteroatoms. The molecule has 2 aromatic carbocycles. The first-order chi connectivity index (χ1) is 15.9. The van der Waals surface area contributed by atoms with Crippen LogP contribution < -0.4 is 10.1 Å². The van der Waals surface area contributed by atoms with Gasteiger partial charge in [0.25, 0.3) is 5.91 Å². The second-order valence-corrected chi connectivity index (χ2v) is 8.32. The fourth-order valence-electron chi connectivity index (χ4n) is 4.39. The van der Waals surface area contributed by atoms with Gasteiger partial charge in [-0.2, -0.15) is 13.2 Å². The normalized spacial score (nSPS) is 20.8. The summed E-state index contributed by atoms with van der Waals surface area (Å²) in [5.41, 5.74) is 1.02. The molecule has 0 bridgehead atoms. The molecule has 1 fully saturated rings. The topological polar surface area (TPSA) is 57.2 Å². The maximum absolute atomic E-state index is 13.4. The van der Waals surface area contributed by atoms with Crippen LogP contribution in [0.15, 0.2) is 59.7 Å². The minimum Gasteiger partial charge on any atom is -0.491 e. The first-order valence-corrected chi connectivity index (χ1v) is 10.8. The van der Waals surface area contributed by atoms with Crippen molar-refractivity contribution in [2.45, 2.75) is 12.2 Å². The number of amides is 1. The summed E-state index contributed by atoms with van der Waals surface area (Å²) >= 11 is 0. The van der Waals surface area contributed by atoms with Crippen LogP contribution in [-0.2, 0) is 6.18 Å². The molecule has 0 saturated carbocycles. The Morgan fingerprint density at radius 1 is 1.09 bits per heavy atom. The maximum Gasteiger partial charge on any atom is 0.416 e. The van der Waals surface area contributed by atoms with Crippen LogP contribution >= 0.6 is 0 Å². The van der Waals surface area contributed by atoms with Crippen LogP contribution in [0.3, 0.4) is 0 Å². The van der Waals surface area contributed by atoms with Crippen molar-refractivity contribution in [3.8, 4) is 16.9 Å². The molecule has 1 saturated heterocycles. The predicted octanol–water partition coefficient (Wildman–Crippen LogP) is 3.41. The summed E-state index contributed by atoms with van der Waals surface area (Å²) in [6.45, 7) is 3.71. The van der Waals surface area contributed by atoms with Gasteiger partial charge < -0.3 is 15.0 Å². The molecule has 0 spiro atoms. The number of hydrogen-bond acceptors (Lipinski definition) is 5. The number of ether oxygens (including phenoxy) is 1. The molecule has 3 aliphatic rings. The van der Waals surface area contributed by atoms with Gasteiger partial charge in [-0.3, -0.25) is 14.7 Å². The molecular weight excluding hydrogens is 433 g/mol. The van der Waals surface area contributed by atoms with E-state index in [4.69, 9.17) is 4.74 Å². The van der Waals surface area contributed by atoms with Crippen LogP contribution in [0.25, 0.3) is 11.1 Å². The molecule has 1 N–H and O–H groups in total. The molecular formula is C24H23F3N4O2. The SMILES string of the molecule is O=C1c2cc(-c3ccc(C(F)(F)F)cc3)ccc2OC[C@@H]2CN(CC3=NCC=CN3)CCN12. The van der Waals surface area contributed by atoms with Gasteiger partial charge in [-0.05, 0) is 47.7 Å². The molecule has 0 radical (unpaired) electrons. The quantitative estimate of drug-likeness (QED) is 0.769. The van der Waals surface area contributed by atoms with Gasteiger partial charge in [0.05, 0.1) is 30.3 Å². The number of hydrogen-bond donors (Lipinski definition) is 1. The second-order valence-electron chi connectivity index (χ2n) is 8.32. The molecule has 33 heavy (non-hydrogen) atoms. The van der Waals surface area contributed by atoms with Crippen LogP contribution in [0.5, 0.6) is 5.75 Å². The number of carbonyl (C=O) groups is 1. The second kappa shape index (κ2) is 8.55. The van der Waals surface area contributed by atoms with Crippen LogP contribution in [-0.4, -0.2) is 66.9 Å². The van der Waals surface area contributed by atoms with Gasteiger partial charge in [0, 0.05) is 19.6 Å². The summed E-state index contributed by atoms with van der Waals surface area (Å²) in [4.78, 5) is 21.9. The standard InChI is InChI=1S/C24H23F3N4O2/c25-24(26,27)18-5-2-16(3-6-18)17-4-7-21-20(12-17)23(32)31-11-10-30(13-19(31)15-33-21)14-22-28-8-1-9-29-22/h1-8,12,19H,9-11,13-15H2,(H,28,29)/t19-/m0/s1. The van der Waals surface area contributed by atoms with E-state index < -0.39 is 11.7 Å². The molecule has 0 unspecified atom stereocenters. The van der Waals surface area contributed by atoms with E-state index >= 15 is 0 Å². The number of rotatable bonds is 3. The lowest BCUT2D eigenvalue weighted by atomic mass is 10.00. The Kier molecular flexibility index (Phi) is 5.57. The third-order valence-electron chi connectivity index (χ3n) is 6.14. The number of nitrogens with one attached hydrogen (secondary N) is 1. The Morgan fingerprint density at radius 2 is 1.88 bits per heavy atom. The van der Waals surface area contributed by atoms with Crippen molar-refractivity contribution in [1.82, 2.24) is 15.1 Å². The van der Waals surface area contributed by atoms with Crippen molar-refractivity contribution in [2.24, 2.45) is 4.99 Å². The molecule has 2 aromatic rings. The van der Waals surface area contributed by atoms with E-state index in [9.17, 15) is 18.0 Å². The summed E-state index contributed by atoms with van der Waals surface area (Å²) in [7, 11) is 0. The van der Waals surface area contributed by atoms with Gasteiger partial charge in [-0.25, -0.2) is 0 Å². The lowest BCUT2D eigenvalue weighted by Gasteiger charge is -2.40. The summed E-state index contributed by atoms with van der Waals surface area (Å²) in [6, 6.07) is 10.1. The van der Waals surface area contributed by atoms with Gasteiger partial charge in [-0.1, -0.05) is 18.2 Å². The Balaban J connectivity index is 1.33. The average molecular weight is 456 g/mol. The number of fused-ring (bicyclic) bond motifs is 2. The van der Waals surface area contributed by atoms with E-state index in [2.05, 4.69) is 15.2 Å². The summed E-state index contributed by atoms with van der Waals surface area (Å²) < 4.78 is 44.6. The number of piperazine rings is 1. The van der Waals surface area contributed by atoms with Gasteiger partial charge in [0.1, 0.15) is 18.2 Å². The fraction of sp³-hybridized carbons (Fsp3) is 0.333. The molecule has 1 amide bonds. The van der Waals surface area contributed by atoms with Crippen LogP contribution in [0.4, 0.5) is 13.2 Å². The van der Waals surface area contributed by atoms with Gasteiger partial charge in [0.2, 0.25) is 0 Å². The highest BCUT2D eigenvalue weighted by Gasteiger charge is 2.36. The molecule has 6 nitrogen and oxygen atoms in total. The molecule has 0 aromatic heterocycles. The Hall–Kier alpha value is -3.33. The van der Waals surface area contributed by atoms with Crippen molar-refractivity contribution in [1.29, 1.82) is 0 Å². The van der Waals surface area contributed by atoms with Crippen molar-refractivity contribution >= 4 is 11.7 Å². The van der Waals surface area contributed by atoms with E-state index in [1.54, 1.807) is 18.2 Å². The van der Waals surface area contributed by atoms with E-state index in [0.717, 1.165) is 24.5 Å². The zero-order chi connectivity index (χ0) is 23.0. The minimum absolute atomic E-state index is 0.0899. The van der Waals surface area contributed by atoms with Gasteiger partial charge >= 0.3 is 6.18 Å². The molecule has 3 aliphatic heterocycles. The Morgan fingerprint density at radius 3 is 2.61 bits per heavy atom. The lowest BCUT2D eigenvalue weighted by Crippen LogP contribution is -2.57. The Labute approximate surface area is 189 Å². The molecule has 0 aliphatic carbocycles. The largest absolute Gasteiger partial charge is 0.491 e. The summed E-state index contributed by atoms with van der Waals surface area (Å²) in [5, 5.41) is 3.16. The number of benzene rings is 2.